The average Bonchev–Trinajstić information content (AvgIpc) is 2.56. The van der Waals surface area contributed by atoms with Crippen LogP contribution in [-0.4, -0.2) is 29.1 Å². The first-order chi connectivity index (χ1) is 9.53. The summed E-state index contributed by atoms with van der Waals surface area (Å²) < 4.78 is 0. The summed E-state index contributed by atoms with van der Waals surface area (Å²) in [5, 5.41) is 11.6. The van der Waals surface area contributed by atoms with E-state index < -0.39 is 10.8 Å². The molecule has 20 heavy (non-hydrogen) atoms. The van der Waals surface area contributed by atoms with Gasteiger partial charge in [0.1, 0.15) is 0 Å². The Morgan fingerprint density at radius 3 is 2.80 bits per heavy atom. The number of hydrogen-bond donors (Lipinski definition) is 2. The molecule has 2 amide bonds. The minimum atomic E-state index is -0.822. The van der Waals surface area contributed by atoms with Gasteiger partial charge in [-0.2, -0.15) is 29.7 Å². The number of rotatable bonds is 7. The van der Waals surface area contributed by atoms with E-state index in [1.807, 2.05) is 0 Å². The summed E-state index contributed by atoms with van der Waals surface area (Å²) in [7, 11) is 0. The van der Waals surface area contributed by atoms with E-state index in [0.717, 1.165) is 30.8 Å². The fourth-order valence-corrected chi connectivity index (χ4v) is 4.89. The topological polar surface area (TPSA) is 70.0 Å². The summed E-state index contributed by atoms with van der Waals surface area (Å²) in [6.07, 6.45) is 3.88. The number of carbonyl (C=O) groups is 2. The molecule has 0 unspecified atom stereocenters. The first-order valence-corrected chi connectivity index (χ1v) is 8.76. The van der Waals surface area contributed by atoms with Crippen molar-refractivity contribution in [1.29, 1.82) is 5.26 Å². The number of fused-ring (bicyclic) bond motifs is 1. The Morgan fingerprint density at radius 2 is 2.15 bits per heavy atom. The lowest BCUT2D eigenvalue weighted by Gasteiger charge is -2.52. The van der Waals surface area contributed by atoms with Gasteiger partial charge in [0.15, 0.2) is 0 Å². The molecular weight excluding hydrogens is 292 g/mol. The van der Waals surface area contributed by atoms with Crippen molar-refractivity contribution in [3.8, 4) is 6.07 Å². The summed E-state index contributed by atoms with van der Waals surface area (Å²) in [5.41, 5.74) is -1.48. The molecular formula is C14H20N2O2S2. The van der Waals surface area contributed by atoms with Crippen molar-refractivity contribution < 1.29 is 9.59 Å². The van der Waals surface area contributed by atoms with Crippen LogP contribution >= 0.6 is 24.4 Å². The van der Waals surface area contributed by atoms with Crippen LogP contribution in [0.2, 0.25) is 0 Å². The van der Waals surface area contributed by atoms with Crippen LogP contribution in [0.15, 0.2) is 0 Å². The number of unbranched alkanes of at least 4 members (excludes halogenated alkanes) is 2. The van der Waals surface area contributed by atoms with Gasteiger partial charge in [-0.1, -0.05) is 6.42 Å². The number of hydrogen-bond acceptors (Lipinski definition) is 5. The Kier molecular flexibility index (Phi) is 4.70. The molecule has 1 heterocycles. The van der Waals surface area contributed by atoms with E-state index in [2.05, 4.69) is 24.0 Å². The third-order valence-corrected chi connectivity index (χ3v) is 6.42. The van der Waals surface area contributed by atoms with E-state index in [1.165, 1.54) is 0 Å². The number of imide groups is 1. The highest BCUT2D eigenvalue weighted by Crippen LogP contribution is 2.64. The van der Waals surface area contributed by atoms with Crippen LogP contribution in [0, 0.1) is 28.1 Å². The Bertz CT molecular complexity index is 463. The minimum Gasteiger partial charge on any atom is -0.295 e. The van der Waals surface area contributed by atoms with Crippen LogP contribution < -0.4 is 5.32 Å². The monoisotopic (exact) mass is 312 g/mol. The van der Waals surface area contributed by atoms with E-state index >= 15 is 0 Å². The normalized spacial score (nSPS) is 35.1. The lowest BCUT2D eigenvalue weighted by molar-refractivity contribution is -0.151. The van der Waals surface area contributed by atoms with Gasteiger partial charge in [0.25, 0.3) is 0 Å². The largest absolute Gasteiger partial charge is 0.295 e. The minimum absolute atomic E-state index is 0.181. The van der Waals surface area contributed by atoms with E-state index in [9.17, 15) is 9.59 Å². The first kappa shape index (κ1) is 15.7. The summed E-state index contributed by atoms with van der Waals surface area (Å²) in [5.74, 6) is 1.76. The second-order valence-corrected chi connectivity index (χ2v) is 7.34. The van der Waals surface area contributed by atoms with Gasteiger partial charge in [0.05, 0.1) is 22.8 Å². The molecule has 0 aromatic carbocycles. The molecule has 110 valence electrons. The highest BCUT2D eigenvalue weighted by Gasteiger charge is 2.74. The van der Waals surface area contributed by atoms with Crippen molar-refractivity contribution in [3.05, 3.63) is 0 Å². The molecule has 1 N–H and O–H groups in total. The fourth-order valence-electron chi connectivity index (χ4n) is 3.21. The van der Waals surface area contributed by atoms with E-state index in [0.29, 0.717) is 12.2 Å². The number of nitrogens with zero attached hydrogens (tertiary/aromatic N) is 1. The molecule has 2 fully saturated rings. The predicted molar refractivity (Wildman–Crippen MR) is 82.4 cm³/mol. The highest BCUT2D eigenvalue weighted by atomic mass is 32.2. The maximum Gasteiger partial charge on any atom is 0.234 e. The van der Waals surface area contributed by atoms with E-state index in [1.54, 1.807) is 18.7 Å². The number of thiol groups is 1. The van der Waals surface area contributed by atoms with Crippen molar-refractivity contribution >= 4 is 36.2 Å². The number of thioether (sulfide) groups is 1. The maximum atomic E-state index is 12.1. The maximum absolute atomic E-state index is 12.1. The molecule has 1 aliphatic heterocycles. The molecule has 3 atom stereocenters. The number of nitriles is 1. The van der Waals surface area contributed by atoms with Gasteiger partial charge in [-0.05, 0) is 37.7 Å². The van der Waals surface area contributed by atoms with Crippen LogP contribution in [0.3, 0.4) is 0 Å². The van der Waals surface area contributed by atoms with Gasteiger partial charge in [-0.3, -0.25) is 14.9 Å². The lowest BCUT2D eigenvalue weighted by atomic mass is 9.46. The van der Waals surface area contributed by atoms with Crippen molar-refractivity contribution in [1.82, 2.24) is 5.32 Å². The quantitative estimate of drug-likeness (QED) is 0.429. The summed E-state index contributed by atoms with van der Waals surface area (Å²) in [4.78, 5) is 24.2. The van der Waals surface area contributed by atoms with Crippen molar-refractivity contribution in [3.63, 3.8) is 0 Å². The molecule has 0 aromatic heterocycles. The molecule has 0 radical (unpaired) electrons. The van der Waals surface area contributed by atoms with Crippen molar-refractivity contribution in [2.24, 2.45) is 16.7 Å². The van der Waals surface area contributed by atoms with Gasteiger partial charge >= 0.3 is 0 Å². The Labute approximate surface area is 129 Å². The second kappa shape index (κ2) is 5.98. The van der Waals surface area contributed by atoms with Crippen LogP contribution in [0.1, 0.15) is 32.6 Å². The fraction of sp³-hybridized carbons (Fsp3) is 0.786. The average molecular weight is 312 g/mol. The molecule has 2 rings (SSSR count). The second-order valence-electron chi connectivity index (χ2n) is 5.79. The van der Waals surface area contributed by atoms with Gasteiger partial charge in [0.2, 0.25) is 11.8 Å². The zero-order valence-electron chi connectivity index (χ0n) is 11.6. The van der Waals surface area contributed by atoms with Crippen molar-refractivity contribution in [2.45, 2.75) is 32.6 Å². The molecule has 0 bridgehead atoms. The zero-order chi connectivity index (χ0) is 14.8. The Morgan fingerprint density at radius 1 is 1.40 bits per heavy atom. The third-order valence-electron chi connectivity index (χ3n) is 4.83. The highest BCUT2D eigenvalue weighted by molar-refractivity contribution is 7.99. The summed E-state index contributed by atoms with van der Waals surface area (Å²) in [6, 6.07) is 2.18. The van der Waals surface area contributed by atoms with Crippen LogP contribution in [0.4, 0.5) is 0 Å². The number of carbonyl (C=O) groups excluding carboxylic acids is 2. The molecule has 1 aliphatic carbocycles. The lowest BCUT2D eigenvalue weighted by Crippen LogP contribution is -2.59. The van der Waals surface area contributed by atoms with E-state index in [4.69, 9.17) is 5.26 Å². The van der Waals surface area contributed by atoms with Crippen LogP contribution in [-0.2, 0) is 9.59 Å². The first-order valence-electron chi connectivity index (χ1n) is 6.97. The molecule has 4 nitrogen and oxygen atoms in total. The summed E-state index contributed by atoms with van der Waals surface area (Å²) in [6.45, 7) is 1.77. The molecule has 6 heteroatoms. The Hall–Kier alpha value is -0.670. The SMILES string of the molecule is C[C@]12C(=O)NC(=O)[C@@]1(CSCCCCCS)C[C@H]2C#N. The van der Waals surface area contributed by atoms with Crippen LogP contribution in [0.25, 0.3) is 0 Å². The smallest absolute Gasteiger partial charge is 0.234 e. The third kappa shape index (κ3) is 2.15. The molecule has 2 aliphatic rings. The van der Waals surface area contributed by atoms with Crippen LogP contribution in [0.5, 0.6) is 0 Å². The van der Waals surface area contributed by atoms with Gasteiger partial charge in [-0.25, -0.2) is 0 Å². The number of amides is 2. The molecule has 1 saturated heterocycles. The van der Waals surface area contributed by atoms with Crippen molar-refractivity contribution in [2.75, 3.05) is 17.3 Å². The van der Waals surface area contributed by atoms with Gasteiger partial charge in [-0.15, -0.1) is 0 Å². The number of nitrogens with one attached hydrogen (secondary N) is 1. The zero-order valence-corrected chi connectivity index (χ0v) is 13.4. The molecule has 0 aromatic rings. The van der Waals surface area contributed by atoms with Gasteiger partial charge < -0.3 is 0 Å². The predicted octanol–water partition coefficient (Wildman–Crippen LogP) is 2.01. The summed E-state index contributed by atoms with van der Waals surface area (Å²) >= 11 is 5.90. The van der Waals surface area contributed by atoms with E-state index in [-0.39, 0.29) is 17.7 Å². The van der Waals surface area contributed by atoms with Gasteiger partial charge in [0, 0.05) is 5.75 Å². The standard InChI is InChI=1S/C14H20N2O2S2/c1-13-10(8-15)7-14(13,12(18)16-11(13)17)9-20-6-4-2-3-5-19/h10,19H,2-7,9H2,1H3,(H,16,17,18)/t10-,13-,14-/m0/s1. The molecule has 0 spiro atoms. The molecule has 1 saturated carbocycles. The Balaban J connectivity index is 1.94.